The second-order valence-electron chi connectivity index (χ2n) is 8.33. The van der Waals surface area contributed by atoms with Crippen LogP contribution in [0.15, 0.2) is 29.8 Å². The highest BCUT2D eigenvalue weighted by molar-refractivity contribution is 6.24. The van der Waals surface area contributed by atoms with Crippen molar-refractivity contribution < 1.29 is 41.9 Å². The van der Waals surface area contributed by atoms with Crippen molar-refractivity contribution in [3.63, 3.8) is 0 Å². The molecule has 13 heteroatoms. The first-order valence-electron chi connectivity index (χ1n) is 10.6. The molecule has 35 heavy (non-hydrogen) atoms. The predicted molar refractivity (Wildman–Crippen MR) is 114 cm³/mol. The predicted octanol–water partition coefficient (Wildman–Crippen LogP) is 1.76. The van der Waals surface area contributed by atoms with Gasteiger partial charge in [0.25, 0.3) is 17.7 Å². The summed E-state index contributed by atoms with van der Waals surface area (Å²) in [6.45, 7) is 2.16. The van der Waals surface area contributed by atoms with Gasteiger partial charge >= 0.3 is 12.4 Å². The second-order valence-corrected chi connectivity index (χ2v) is 8.33. The molecule has 2 heterocycles. The molecule has 1 atom stereocenters. The van der Waals surface area contributed by atoms with Crippen LogP contribution in [0.1, 0.15) is 53.0 Å². The highest BCUT2D eigenvalue weighted by Gasteiger charge is 2.52. The molecule has 0 aliphatic carbocycles. The number of imide groups is 2. The van der Waals surface area contributed by atoms with Crippen LogP contribution in [-0.4, -0.2) is 59.6 Å². The summed E-state index contributed by atoms with van der Waals surface area (Å²) in [6, 6.07) is 3.79. The largest absolute Gasteiger partial charge is 0.522 e. The monoisotopic (exact) mass is 496 g/mol. The van der Waals surface area contributed by atoms with E-state index in [-0.39, 0.29) is 42.6 Å². The lowest BCUT2D eigenvalue weighted by molar-refractivity contribution is -0.320. The van der Waals surface area contributed by atoms with Crippen LogP contribution >= 0.6 is 0 Å². The lowest BCUT2D eigenvalue weighted by Crippen LogP contribution is -2.62. The van der Waals surface area contributed by atoms with E-state index < -0.39 is 48.2 Å². The van der Waals surface area contributed by atoms with E-state index in [1.807, 2.05) is 0 Å². The molecule has 0 bridgehead atoms. The fraction of sp³-hybridized carbons (Fsp3) is 0.409. The Labute approximate surface area is 197 Å². The summed E-state index contributed by atoms with van der Waals surface area (Å²) in [4.78, 5) is 62.6. The molecule has 3 N–H and O–H groups in total. The van der Waals surface area contributed by atoms with Crippen LogP contribution in [-0.2, 0) is 20.9 Å². The van der Waals surface area contributed by atoms with Gasteiger partial charge in [0.05, 0.1) is 17.7 Å². The number of fused-ring (bicyclic) bond motifs is 1. The molecule has 1 aromatic carbocycles. The molecule has 0 unspecified atom stereocenters. The Morgan fingerprint density at radius 2 is 1.86 bits per heavy atom. The summed E-state index contributed by atoms with van der Waals surface area (Å²) in [5, 5.41) is 7.14. The third kappa shape index (κ3) is 5.85. The van der Waals surface area contributed by atoms with Crippen LogP contribution in [0.4, 0.5) is 18.0 Å². The Bertz CT molecular complexity index is 1120. The fourth-order valence-corrected chi connectivity index (χ4v) is 3.67. The third-order valence-electron chi connectivity index (χ3n) is 5.66. The van der Waals surface area contributed by atoms with Crippen molar-refractivity contribution in [1.29, 1.82) is 0 Å². The first-order valence-corrected chi connectivity index (χ1v) is 10.6. The van der Waals surface area contributed by atoms with Crippen molar-refractivity contribution in [3.8, 4) is 0 Å². The molecule has 1 aromatic rings. The maximum atomic E-state index is 13.0. The van der Waals surface area contributed by atoms with Crippen LogP contribution < -0.4 is 16.0 Å². The Morgan fingerprint density at radius 3 is 2.51 bits per heavy atom. The average Bonchev–Trinajstić information content (AvgIpc) is 3.03. The molecule has 0 radical (unpaired) electrons. The normalized spacial score (nSPS) is 20.6. The van der Waals surface area contributed by atoms with Crippen LogP contribution in [0.2, 0.25) is 0 Å². The lowest BCUT2D eigenvalue weighted by Gasteiger charge is -2.38. The molecular formula is C22H23F3N4O6. The Morgan fingerprint density at radius 1 is 1.17 bits per heavy atom. The van der Waals surface area contributed by atoms with Crippen LogP contribution in [0.3, 0.4) is 0 Å². The zero-order chi connectivity index (χ0) is 26.0. The van der Waals surface area contributed by atoms with Crippen molar-refractivity contribution >= 4 is 29.7 Å². The number of benzene rings is 1. The van der Waals surface area contributed by atoms with Crippen molar-refractivity contribution in [2.24, 2.45) is 0 Å². The number of carbonyl (C=O) groups excluding carboxylic acids is 5. The first-order chi connectivity index (χ1) is 16.3. The molecule has 3 rings (SSSR count). The van der Waals surface area contributed by atoms with E-state index in [4.69, 9.17) is 0 Å². The number of rotatable bonds is 7. The molecule has 2 aliphatic rings. The molecule has 10 nitrogen and oxygen atoms in total. The molecule has 0 saturated carbocycles. The number of ether oxygens (including phenoxy) is 1. The maximum Gasteiger partial charge on any atom is 0.522 e. The third-order valence-corrected chi connectivity index (χ3v) is 5.66. The summed E-state index contributed by atoms with van der Waals surface area (Å²) in [7, 11) is 0. The van der Waals surface area contributed by atoms with Crippen molar-refractivity contribution in [3.05, 3.63) is 46.5 Å². The van der Waals surface area contributed by atoms with E-state index in [9.17, 15) is 37.1 Å². The number of nitrogens with one attached hydrogen (secondary N) is 3. The van der Waals surface area contributed by atoms with Crippen molar-refractivity contribution in [2.45, 2.75) is 45.1 Å². The number of hydrogen-bond acceptors (Lipinski definition) is 6. The van der Waals surface area contributed by atoms with Crippen LogP contribution in [0.5, 0.6) is 0 Å². The first kappa shape index (κ1) is 25.9. The topological polar surface area (TPSA) is 134 Å². The zero-order valence-electron chi connectivity index (χ0n) is 18.9. The van der Waals surface area contributed by atoms with Crippen molar-refractivity contribution in [1.82, 2.24) is 20.9 Å². The summed E-state index contributed by atoms with van der Waals surface area (Å²) < 4.78 is 39.7. The Balaban J connectivity index is 1.58. The van der Waals surface area contributed by atoms with Gasteiger partial charge in [-0.15, -0.1) is 13.2 Å². The molecule has 188 valence electrons. The summed E-state index contributed by atoms with van der Waals surface area (Å²) in [5.41, 5.74) is -0.546. The van der Waals surface area contributed by atoms with Crippen molar-refractivity contribution in [2.75, 3.05) is 13.2 Å². The van der Waals surface area contributed by atoms with Gasteiger partial charge in [-0.2, -0.15) is 0 Å². The second kappa shape index (κ2) is 9.86. The van der Waals surface area contributed by atoms with Gasteiger partial charge in [0, 0.05) is 19.5 Å². The lowest BCUT2D eigenvalue weighted by atomic mass is 9.89. The van der Waals surface area contributed by atoms with Crippen LogP contribution in [0, 0.1) is 0 Å². The quantitative estimate of drug-likeness (QED) is 0.389. The number of urea groups is 1. The zero-order valence-corrected chi connectivity index (χ0v) is 18.9. The van der Waals surface area contributed by atoms with E-state index in [1.165, 1.54) is 32.1 Å². The van der Waals surface area contributed by atoms with E-state index in [0.717, 1.165) is 4.90 Å². The highest BCUT2D eigenvalue weighted by atomic mass is 19.4. The Hall–Kier alpha value is -3.74. The molecular weight excluding hydrogens is 473 g/mol. The number of nitrogens with zero attached hydrogens (tertiary/aromatic N) is 1. The fourth-order valence-electron chi connectivity index (χ4n) is 3.67. The van der Waals surface area contributed by atoms with E-state index >= 15 is 0 Å². The molecule has 6 amide bonds. The van der Waals surface area contributed by atoms with Gasteiger partial charge in [-0.25, -0.2) is 4.79 Å². The molecule has 2 aliphatic heterocycles. The van der Waals surface area contributed by atoms with Gasteiger partial charge in [0.1, 0.15) is 5.54 Å². The Kier molecular flexibility index (Phi) is 7.29. The standard InChI is InChI=1S/C22H23F3N4O6/c1-12(11-35-22(23,24)25)6-8-26-20(34)27-10-13-3-4-14-15(9-13)18(32)29(17(14)31)21(2)7-5-16(30)28-19(21)33/h3-4,6,9H,5,7-8,10-11H2,1-2H3,(H2,26,27,34)(H,28,30,33)/t21-/m0/s1. The number of alkyl halides is 3. The number of amides is 6. The highest BCUT2D eigenvalue weighted by Crippen LogP contribution is 2.34. The van der Waals surface area contributed by atoms with Gasteiger partial charge in [-0.3, -0.25) is 34.1 Å². The number of halogens is 3. The number of piperidine rings is 1. The SMILES string of the molecule is CC(=CCNC(=O)NCc1ccc2c(c1)C(=O)N([C@@]1(C)CCC(=O)NC1=O)C2=O)COC(F)(F)F. The maximum absolute atomic E-state index is 13.0. The number of hydrogen-bond donors (Lipinski definition) is 3. The average molecular weight is 496 g/mol. The van der Waals surface area contributed by atoms with Crippen LogP contribution in [0.25, 0.3) is 0 Å². The summed E-state index contributed by atoms with van der Waals surface area (Å²) >= 11 is 0. The smallest absolute Gasteiger partial charge is 0.335 e. The molecule has 0 spiro atoms. The minimum absolute atomic E-state index is 0.00722. The number of carbonyl (C=O) groups is 5. The van der Waals surface area contributed by atoms with E-state index in [1.54, 1.807) is 6.07 Å². The minimum Gasteiger partial charge on any atom is -0.335 e. The summed E-state index contributed by atoms with van der Waals surface area (Å²) in [5.74, 6) is -2.53. The molecule has 1 saturated heterocycles. The minimum atomic E-state index is -4.74. The molecule has 0 aromatic heterocycles. The van der Waals surface area contributed by atoms with E-state index in [2.05, 4.69) is 20.7 Å². The van der Waals surface area contributed by atoms with Gasteiger partial charge < -0.3 is 10.6 Å². The summed E-state index contributed by atoms with van der Waals surface area (Å²) in [6.07, 6.45) is -3.37. The van der Waals surface area contributed by atoms with Gasteiger partial charge in [-0.05, 0) is 43.5 Å². The van der Waals surface area contributed by atoms with Gasteiger partial charge in [0.2, 0.25) is 5.91 Å². The van der Waals surface area contributed by atoms with Gasteiger partial charge in [0.15, 0.2) is 0 Å². The van der Waals surface area contributed by atoms with E-state index in [0.29, 0.717) is 5.56 Å². The molecule has 1 fully saturated rings. The van der Waals surface area contributed by atoms with Gasteiger partial charge in [-0.1, -0.05) is 12.1 Å².